The lowest BCUT2D eigenvalue weighted by molar-refractivity contribution is 0.383. The first-order valence-electron chi connectivity index (χ1n) is 7.34. The van der Waals surface area contributed by atoms with Crippen LogP contribution >= 0.6 is 0 Å². The van der Waals surface area contributed by atoms with E-state index in [1.165, 1.54) is 0 Å². The number of hydrogen-bond donors (Lipinski definition) is 1. The monoisotopic (exact) mass is 302 g/mol. The van der Waals surface area contributed by atoms with Crippen molar-refractivity contribution in [1.82, 2.24) is 0 Å². The van der Waals surface area contributed by atoms with Gasteiger partial charge in [-0.25, -0.2) is 0 Å². The summed E-state index contributed by atoms with van der Waals surface area (Å²) in [6.07, 6.45) is 0. The zero-order chi connectivity index (χ0) is 16.0. The molecule has 0 bridgehead atoms. The van der Waals surface area contributed by atoms with E-state index >= 15 is 0 Å². The summed E-state index contributed by atoms with van der Waals surface area (Å²) in [6.45, 7) is 1.88. The number of nitrogens with two attached hydrogens (primary N) is 1. The Morgan fingerprint density at radius 2 is 1.91 bits per heavy atom. The third kappa shape index (κ3) is 1.98. The molecule has 112 valence electrons. The van der Waals surface area contributed by atoms with Gasteiger partial charge in [-0.05, 0) is 35.9 Å². The lowest BCUT2D eigenvalue weighted by Gasteiger charge is -2.26. The Bertz CT molecular complexity index is 992. The molecule has 1 atom stereocenters. The predicted octanol–water partition coefficient (Wildman–Crippen LogP) is 3.96. The molecule has 0 fully saturated rings. The fourth-order valence-electron chi connectivity index (χ4n) is 3.14. The Morgan fingerprint density at radius 3 is 2.65 bits per heavy atom. The molecule has 3 aromatic rings. The summed E-state index contributed by atoms with van der Waals surface area (Å²) in [6, 6.07) is 17.9. The molecule has 1 unspecified atom stereocenters. The molecule has 0 saturated carbocycles. The van der Waals surface area contributed by atoms with E-state index in [9.17, 15) is 5.26 Å². The summed E-state index contributed by atoms with van der Waals surface area (Å²) in [7, 11) is 0. The molecule has 0 amide bonds. The second-order valence-electron chi connectivity index (χ2n) is 5.57. The van der Waals surface area contributed by atoms with Gasteiger partial charge in [0.1, 0.15) is 28.9 Å². The van der Waals surface area contributed by atoms with E-state index in [0.29, 0.717) is 17.1 Å². The smallest absolute Gasteiger partial charge is 0.205 e. The van der Waals surface area contributed by atoms with E-state index in [1.807, 2.05) is 55.5 Å². The van der Waals surface area contributed by atoms with Crippen LogP contribution in [0.1, 0.15) is 23.0 Å². The maximum atomic E-state index is 9.59. The molecule has 0 spiro atoms. The highest BCUT2D eigenvalue weighted by atomic mass is 16.5. The van der Waals surface area contributed by atoms with E-state index < -0.39 is 0 Å². The van der Waals surface area contributed by atoms with Gasteiger partial charge >= 0.3 is 0 Å². The van der Waals surface area contributed by atoms with Gasteiger partial charge in [-0.2, -0.15) is 5.26 Å². The third-order valence-corrected chi connectivity index (χ3v) is 4.16. The largest absolute Gasteiger partial charge is 0.465 e. The average Bonchev–Trinajstić information content (AvgIpc) is 2.99. The van der Waals surface area contributed by atoms with Crippen molar-refractivity contribution >= 4 is 10.8 Å². The summed E-state index contributed by atoms with van der Waals surface area (Å²) >= 11 is 0. The third-order valence-electron chi connectivity index (χ3n) is 4.16. The number of rotatable bonds is 1. The van der Waals surface area contributed by atoms with Gasteiger partial charge in [0.15, 0.2) is 0 Å². The minimum Gasteiger partial charge on any atom is -0.465 e. The first kappa shape index (κ1) is 13.5. The molecule has 1 aliphatic rings. The lowest BCUT2D eigenvalue weighted by atomic mass is 9.84. The van der Waals surface area contributed by atoms with Crippen LogP contribution in [0.2, 0.25) is 0 Å². The van der Waals surface area contributed by atoms with Crippen LogP contribution in [-0.2, 0) is 0 Å². The molecule has 1 aliphatic heterocycles. The molecule has 2 N–H and O–H groups in total. The van der Waals surface area contributed by atoms with Crippen molar-refractivity contribution in [3.8, 4) is 11.8 Å². The predicted molar refractivity (Wildman–Crippen MR) is 86.7 cm³/mol. The van der Waals surface area contributed by atoms with Gasteiger partial charge in [0.05, 0.1) is 5.92 Å². The Labute approximate surface area is 133 Å². The van der Waals surface area contributed by atoms with Gasteiger partial charge in [-0.1, -0.05) is 30.3 Å². The second kappa shape index (κ2) is 4.92. The fraction of sp³-hybridized carbons (Fsp3) is 0.105. The van der Waals surface area contributed by atoms with Crippen LogP contribution in [0, 0.1) is 18.3 Å². The van der Waals surface area contributed by atoms with Gasteiger partial charge in [0.25, 0.3) is 0 Å². The van der Waals surface area contributed by atoms with Crippen molar-refractivity contribution in [2.24, 2.45) is 5.73 Å². The molecule has 4 rings (SSSR count). The number of nitriles is 1. The minimum atomic E-state index is -0.358. The zero-order valence-electron chi connectivity index (χ0n) is 12.5. The van der Waals surface area contributed by atoms with Crippen LogP contribution < -0.4 is 10.5 Å². The normalized spacial score (nSPS) is 16.8. The summed E-state index contributed by atoms with van der Waals surface area (Å²) in [5.41, 5.74) is 7.27. The van der Waals surface area contributed by atoms with E-state index in [4.69, 9.17) is 14.9 Å². The van der Waals surface area contributed by atoms with Crippen molar-refractivity contribution in [3.63, 3.8) is 0 Å². The molecule has 0 saturated heterocycles. The zero-order valence-corrected chi connectivity index (χ0v) is 12.5. The minimum absolute atomic E-state index is 0.134. The molecule has 2 aromatic carbocycles. The van der Waals surface area contributed by atoms with Crippen LogP contribution in [0.15, 0.2) is 64.4 Å². The number of allylic oxidation sites excluding steroid dienone is 1. The highest BCUT2D eigenvalue weighted by Crippen LogP contribution is 2.45. The first-order chi connectivity index (χ1) is 11.2. The van der Waals surface area contributed by atoms with Gasteiger partial charge in [0.2, 0.25) is 5.88 Å². The SMILES string of the molecule is Cc1ccc(C2C(C#N)=C(N)Oc3ccc4ccccc4c32)o1. The number of nitrogens with zero attached hydrogens (tertiary/aromatic N) is 1. The lowest BCUT2D eigenvalue weighted by Crippen LogP contribution is -2.21. The molecular weight excluding hydrogens is 288 g/mol. The van der Waals surface area contributed by atoms with Crippen LogP contribution in [0.5, 0.6) is 5.75 Å². The van der Waals surface area contributed by atoms with Gasteiger partial charge in [-0.3, -0.25) is 0 Å². The number of hydrogen-bond acceptors (Lipinski definition) is 4. The van der Waals surface area contributed by atoms with Gasteiger partial charge in [0, 0.05) is 5.56 Å². The van der Waals surface area contributed by atoms with E-state index in [2.05, 4.69) is 6.07 Å². The molecule has 1 aromatic heterocycles. The van der Waals surface area contributed by atoms with Crippen molar-refractivity contribution in [2.75, 3.05) is 0 Å². The Kier molecular flexibility index (Phi) is 2.88. The highest BCUT2D eigenvalue weighted by molar-refractivity contribution is 5.90. The van der Waals surface area contributed by atoms with Crippen LogP contribution in [0.25, 0.3) is 10.8 Å². The van der Waals surface area contributed by atoms with Crippen LogP contribution in [0.4, 0.5) is 0 Å². The molecule has 4 nitrogen and oxygen atoms in total. The van der Waals surface area contributed by atoms with Crippen LogP contribution in [0.3, 0.4) is 0 Å². The number of ether oxygens (including phenoxy) is 1. The summed E-state index contributed by atoms with van der Waals surface area (Å²) in [5, 5.41) is 11.7. The highest BCUT2D eigenvalue weighted by Gasteiger charge is 2.34. The van der Waals surface area contributed by atoms with Gasteiger partial charge < -0.3 is 14.9 Å². The maximum Gasteiger partial charge on any atom is 0.205 e. The molecule has 2 heterocycles. The molecule has 4 heteroatoms. The Hall–Kier alpha value is -3.19. The van der Waals surface area contributed by atoms with Gasteiger partial charge in [-0.15, -0.1) is 0 Å². The first-order valence-corrected chi connectivity index (χ1v) is 7.34. The number of benzene rings is 2. The maximum absolute atomic E-state index is 9.59. The van der Waals surface area contributed by atoms with E-state index in [0.717, 1.165) is 22.1 Å². The van der Waals surface area contributed by atoms with Crippen molar-refractivity contribution in [2.45, 2.75) is 12.8 Å². The molecule has 23 heavy (non-hydrogen) atoms. The van der Waals surface area contributed by atoms with Crippen molar-refractivity contribution in [3.05, 3.63) is 77.1 Å². The fourth-order valence-corrected chi connectivity index (χ4v) is 3.14. The van der Waals surface area contributed by atoms with Crippen molar-refractivity contribution < 1.29 is 9.15 Å². The Morgan fingerprint density at radius 1 is 1.09 bits per heavy atom. The number of aryl methyl sites for hydroxylation is 1. The molecule has 0 radical (unpaired) electrons. The standard InChI is InChI=1S/C19H14N2O2/c1-11-6-8-15(22-11)18-14(10-20)19(21)23-16-9-7-12-4-2-3-5-13(12)17(16)18/h2-9,18H,21H2,1H3. The Balaban J connectivity index is 2.07. The van der Waals surface area contributed by atoms with E-state index in [1.54, 1.807) is 0 Å². The molecule has 0 aliphatic carbocycles. The number of furan rings is 1. The topological polar surface area (TPSA) is 72.2 Å². The number of fused-ring (bicyclic) bond motifs is 3. The summed E-state index contributed by atoms with van der Waals surface area (Å²) in [4.78, 5) is 0. The molecular formula is C19H14N2O2. The average molecular weight is 302 g/mol. The van der Waals surface area contributed by atoms with Crippen LogP contribution in [-0.4, -0.2) is 0 Å². The summed E-state index contributed by atoms with van der Waals surface area (Å²) < 4.78 is 11.5. The summed E-state index contributed by atoms with van der Waals surface area (Å²) in [5.74, 6) is 1.93. The second-order valence-corrected chi connectivity index (χ2v) is 5.57. The quantitative estimate of drug-likeness (QED) is 0.738. The van der Waals surface area contributed by atoms with E-state index in [-0.39, 0.29) is 11.8 Å². The van der Waals surface area contributed by atoms with Crippen molar-refractivity contribution in [1.29, 1.82) is 5.26 Å².